The topological polar surface area (TPSA) is 37.3 Å². The zero-order valence-electron chi connectivity index (χ0n) is 14.3. The van der Waals surface area contributed by atoms with Gasteiger partial charge < -0.3 is 5.11 Å². The van der Waals surface area contributed by atoms with Gasteiger partial charge in [-0.3, -0.25) is 4.79 Å². The SMILES string of the molecule is CC1C[C@H]2[C@@H]3CCC4=CC(=O)C=C[C@]4(C)[C@H]3C(O)C[C@]2(C(F)F)C1. The van der Waals surface area contributed by atoms with Crippen LogP contribution in [0, 0.1) is 34.5 Å². The quantitative estimate of drug-likeness (QED) is 0.781. The number of fused-ring (bicyclic) bond motifs is 5. The second-order valence-electron chi connectivity index (χ2n) is 8.87. The Morgan fingerprint density at radius 2 is 2.08 bits per heavy atom. The predicted octanol–water partition coefficient (Wildman–Crippen LogP) is 4.15. The number of alkyl halides is 2. The molecule has 24 heavy (non-hydrogen) atoms. The normalized spacial score (nSPS) is 50.3. The second-order valence-corrected chi connectivity index (χ2v) is 8.87. The third-order valence-corrected chi connectivity index (χ3v) is 7.58. The van der Waals surface area contributed by atoms with Crippen molar-refractivity contribution in [3.63, 3.8) is 0 Å². The van der Waals surface area contributed by atoms with Crippen LogP contribution in [0.2, 0.25) is 0 Å². The second kappa shape index (κ2) is 5.23. The van der Waals surface area contributed by atoms with Crippen molar-refractivity contribution in [1.29, 1.82) is 0 Å². The van der Waals surface area contributed by atoms with E-state index in [0.29, 0.717) is 12.3 Å². The third-order valence-electron chi connectivity index (χ3n) is 7.58. The summed E-state index contributed by atoms with van der Waals surface area (Å²) in [5.41, 5.74) is -0.298. The molecule has 0 aromatic rings. The Hall–Kier alpha value is -1.03. The highest BCUT2D eigenvalue weighted by Gasteiger charge is 2.64. The summed E-state index contributed by atoms with van der Waals surface area (Å²) in [7, 11) is 0. The molecule has 2 nitrogen and oxygen atoms in total. The Morgan fingerprint density at radius 3 is 2.79 bits per heavy atom. The van der Waals surface area contributed by atoms with E-state index in [2.05, 4.69) is 13.8 Å². The molecule has 1 N–H and O–H groups in total. The van der Waals surface area contributed by atoms with Gasteiger partial charge >= 0.3 is 0 Å². The van der Waals surface area contributed by atoms with Crippen LogP contribution in [0.15, 0.2) is 23.8 Å². The van der Waals surface area contributed by atoms with Crippen molar-refractivity contribution in [2.45, 2.75) is 58.5 Å². The number of carbonyl (C=O) groups excluding carboxylic acids is 1. The maximum Gasteiger partial charge on any atom is 0.244 e. The lowest BCUT2D eigenvalue weighted by Crippen LogP contribution is -2.57. The van der Waals surface area contributed by atoms with Crippen molar-refractivity contribution in [1.82, 2.24) is 0 Å². The van der Waals surface area contributed by atoms with Gasteiger partial charge in [0.2, 0.25) is 6.43 Å². The van der Waals surface area contributed by atoms with E-state index in [1.165, 1.54) is 0 Å². The van der Waals surface area contributed by atoms with Gasteiger partial charge in [-0.05, 0) is 62.0 Å². The van der Waals surface area contributed by atoms with Crippen molar-refractivity contribution in [3.8, 4) is 0 Å². The summed E-state index contributed by atoms with van der Waals surface area (Å²) in [4.78, 5) is 11.7. The molecule has 132 valence electrons. The van der Waals surface area contributed by atoms with Gasteiger partial charge in [0.15, 0.2) is 5.78 Å². The molecule has 7 atom stereocenters. The summed E-state index contributed by atoms with van der Waals surface area (Å²) in [5.74, 6) is 0.354. The Balaban J connectivity index is 1.76. The van der Waals surface area contributed by atoms with Gasteiger partial charge in [0.05, 0.1) is 6.10 Å². The lowest BCUT2D eigenvalue weighted by atomic mass is 9.47. The van der Waals surface area contributed by atoms with Crippen LogP contribution in [0.4, 0.5) is 8.78 Å². The van der Waals surface area contributed by atoms with Crippen LogP contribution in [0.5, 0.6) is 0 Å². The molecule has 0 radical (unpaired) electrons. The Labute approximate surface area is 142 Å². The van der Waals surface area contributed by atoms with Crippen LogP contribution >= 0.6 is 0 Å². The summed E-state index contributed by atoms with van der Waals surface area (Å²) < 4.78 is 28.1. The lowest BCUT2D eigenvalue weighted by Gasteiger charge is -2.58. The van der Waals surface area contributed by atoms with Crippen molar-refractivity contribution in [2.75, 3.05) is 0 Å². The molecular weight excluding hydrogens is 310 g/mol. The molecule has 0 aromatic carbocycles. The molecular formula is C20H26F2O2. The van der Waals surface area contributed by atoms with Crippen LogP contribution in [0.3, 0.4) is 0 Å². The van der Waals surface area contributed by atoms with Crippen molar-refractivity contribution < 1.29 is 18.7 Å². The van der Waals surface area contributed by atoms with E-state index in [0.717, 1.165) is 24.8 Å². The minimum Gasteiger partial charge on any atom is -0.393 e. The van der Waals surface area contributed by atoms with Gasteiger partial charge in [0.25, 0.3) is 0 Å². The summed E-state index contributed by atoms with van der Waals surface area (Å²) in [6.45, 7) is 4.15. The van der Waals surface area contributed by atoms with Crippen molar-refractivity contribution >= 4 is 5.78 Å². The highest BCUT2D eigenvalue weighted by atomic mass is 19.3. The highest BCUT2D eigenvalue weighted by Crippen LogP contribution is 2.66. The van der Waals surface area contributed by atoms with Crippen LogP contribution in [-0.4, -0.2) is 23.4 Å². The molecule has 0 bridgehead atoms. The Kier molecular flexibility index (Phi) is 3.58. The van der Waals surface area contributed by atoms with Crippen LogP contribution in [-0.2, 0) is 4.79 Å². The first-order chi connectivity index (χ1) is 11.3. The smallest absolute Gasteiger partial charge is 0.244 e. The molecule has 0 amide bonds. The van der Waals surface area contributed by atoms with E-state index in [1.54, 1.807) is 12.2 Å². The summed E-state index contributed by atoms with van der Waals surface area (Å²) >= 11 is 0. The first-order valence-corrected chi connectivity index (χ1v) is 9.18. The minimum absolute atomic E-state index is 0.00244. The summed E-state index contributed by atoms with van der Waals surface area (Å²) in [5, 5.41) is 10.9. The molecule has 2 unspecified atom stereocenters. The third kappa shape index (κ3) is 2.04. The van der Waals surface area contributed by atoms with E-state index in [9.17, 15) is 18.7 Å². The average molecular weight is 336 g/mol. The zero-order valence-corrected chi connectivity index (χ0v) is 14.3. The first-order valence-electron chi connectivity index (χ1n) is 9.18. The molecule has 0 heterocycles. The van der Waals surface area contributed by atoms with E-state index < -0.39 is 17.9 Å². The number of aliphatic hydroxyl groups excluding tert-OH is 1. The van der Waals surface area contributed by atoms with Gasteiger partial charge in [0.1, 0.15) is 0 Å². The average Bonchev–Trinajstić information content (AvgIpc) is 2.85. The van der Waals surface area contributed by atoms with Crippen LogP contribution < -0.4 is 0 Å². The zero-order chi connectivity index (χ0) is 17.3. The molecule has 4 aliphatic rings. The van der Waals surface area contributed by atoms with E-state index in [4.69, 9.17) is 0 Å². The van der Waals surface area contributed by atoms with Gasteiger partial charge in [-0.2, -0.15) is 0 Å². The molecule has 0 aromatic heterocycles. The number of rotatable bonds is 1. The van der Waals surface area contributed by atoms with Gasteiger partial charge in [-0.1, -0.05) is 25.5 Å². The molecule has 3 saturated carbocycles. The fourth-order valence-electron chi connectivity index (χ4n) is 6.73. The van der Waals surface area contributed by atoms with E-state index in [-0.39, 0.29) is 35.4 Å². The first kappa shape index (κ1) is 16.4. The van der Waals surface area contributed by atoms with E-state index in [1.807, 2.05) is 6.08 Å². The molecule has 4 heteroatoms. The fourth-order valence-corrected chi connectivity index (χ4v) is 6.73. The Morgan fingerprint density at radius 1 is 1.33 bits per heavy atom. The number of aliphatic hydroxyl groups is 1. The standard InChI is InChI=1S/C20H26F2O2/c1-11-7-15-14-4-3-12-8-13(23)5-6-19(12,2)17(14)16(24)10-20(15,9-11)18(21)22/h5-6,8,11,14-18,24H,3-4,7,9-10H2,1-2H3/t11?,14-,15-,16?,17+,19-,20+/m0/s1. The number of ketones is 1. The highest BCUT2D eigenvalue weighted by molar-refractivity contribution is 6.01. The van der Waals surface area contributed by atoms with Crippen molar-refractivity contribution in [2.24, 2.45) is 34.5 Å². The molecule has 0 spiro atoms. The largest absolute Gasteiger partial charge is 0.393 e. The maximum absolute atomic E-state index is 14.1. The Bertz CT molecular complexity index is 625. The lowest BCUT2D eigenvalue weighted by molar-refractivity contribution is -0.159. The fraction of sp³-hybridized carbons (Fsp3) is 0.750. The molecule has 3 fully saturated rings. The number of carbonyl (C=O) groups is 1. The van der Waals surface area contributed by atoms with Crippen LogP contribution in [0.25, 0.3) is 0 Å². The number of hydrogen-bond donors (Lipinski definition) is 1. The summed E-state index contributed by atoms with van der Waals surface area (Å²) in [6.07, 6.45) is 5.30. The molecule has 4 rings (SSSR count). The maximum atomic E-state index is 14.1. The predicted molar refractivity (Wildman–Crippen MR) is 87.5 cm³/mol. The number of hydrogen-bond acceptors (Lipinski definition) is 2. The van der Waals surface area contributed by atoms with E-state index >= 15 is 0 Å². The van der Waals surface area contributed by atoms with Gasteiger partial charge in [-0.25, -0.2) is 8.78 Å². The number of halogens is 2. The molecule has 4 aliphatic carbocycles. The van der Waals surface area contributed by atoms with Gasteiger partial charge in [0, 0.05) is 16.7 Å². The van der Waals surface area contributed by atoms with Crippen LogP contribution in [0.1, 0.15) is 46.0 Å². The monoisotopic (exact) mass is 336 g/mol. The number of allylic oxidation sites excluding steroid dienone is 4. The molecule has 0 saturated heterocycles. The molecule has 0 aliphatic heterocycles. The summed E-state index contributed by atoms with van der Waals surface area (Å²) in [6, 6.07) is 0. The minimum atomic E-state index is -2.36. The van der Waals surface area contributed by atoms with Gasteiger partial charge in [-0.15, -0.1) is 0 Å². The van der Waals surface area contributed by atoms with Crippen molar-refractivity contribution in [3.05, 3.63) is 23.8 Å².